The van der Waals surface area contributed by atoms with Crippen molar-refractivity contribution in [1.82, 2.24) is 0 Å². The van der Waals surface area contributed by atoms with Gasteiger partial charge in [0.05, 0.1) is 17.6 Å². The highest BCUT2D eigenvalue weighted by molar-refractivity contribution is 7.92. The molecule has 0 aliphatic heterocycles. The van der Waals surface area contributed by atoms with Crippen LogP contribution in [0.3, 0.4) is 0 Å². The van der Waals surface area contributed by atoms with Crippen LogP contribution < -0.4 is 9.62 Å². The van der Waals surface area contributed by atoms with Crippen LogP contribution in [-0.4, -0.2) is 32.9 Å². The second-order valence-corrected chi connectivity index (χ2v) is 9.89. The number of hydrogen-bond acceptors (Lipinski definition) is 4. The van der Waals surface area contributed by atoms with E-state index in [-0.39, 0.29) is 22.7 Å². The van der Waals surface area contributed by atoms with Crippen LogP contribution in [0.15, 0.2) is 66.7 Å². The van der Waals surface area contributed by atoms with Gasteiger partial charge in [0.1, 0.15) is 6.54 Å². The maximum atomic E-state index is 12.9. The van der Waals surface area contributed by atoms with Crippen molar-refractivity contribution < 1.29 is 18.0 Å². The molecule has 3 aromatic rings. The third kappa shape index (κ3) is 5.68. The van der Waals surface area contributed by atoms with E-state index in [1.54, 1.807) is 49.4 Å². The molecule has 0 bridgehead atoms. The summed E-state index contributed by atoms with van der Waals surface area (Å²) in [5.74, 6) is -0.953. The molecule has 166 valence electrons. The lowest BCUT2D eigenvalue weighted by molar-refractivity contribution is -0.114. The molecule has 0 saturated heterocycles. The van der Waals surface area contributed by atoms with E-state index in [0.29, 0.717) is 15.6 Å². The SMILES string of the molecule is Cc1ccc(N(CC(=O)Nc2ccc(Cl)cc2C(=O)c2ccccc2)S(C)(=O)=O)cc1Cl. The summed E-state index contributed by atoms with van der Waals surface area (Å²) in [4.78, 5) is 25.7. The van der Waals surface area contributed by atoms with Crippen molar-refractivity contribution in [1.29, 1.82) is 0 Å². The number of anilines is 2. The zero-order valence-electron chi connectivity index (χ0n) is 17.3. The molecule has 0 aliphatic carbocycles. The van der Waals surface area contributed by atoms with E-state index < -0.39 is 22.5 Å². The van der Waals surface area contributed by atoms with E-state index in [1.807, 2.05) is 0 Å². The van der Waals surface area contributed by atoms with Crippen LogP contribution in [0.5, 0.6) is 0 Å². The first-order valence-electron chi connectivity index (χ1n) is 9.49. The zero-order valence-corrected chi connectivity index (χ0v) is 19.6. The number of nitrogens with zero attached hydrogens (tertiary/aromatic N) is 1. The lowest BCUT2D eigenvalue weighted by Crippen LogP contribution is -2.37. The van der Waals surface area contributed by atoms with Gasteiger partial charge in [0.2, 0.25) is 15.9 Å². The number of rotatable bonds is 7. The Morgan fingerprint density at radius 2 is 1.66 bits per heavy atom. The fraction of sp³-hybridized carbons (Fsp3) is 0.130. The van der Waals surface area contributed by atoms with Crippen LogP contribution in [0.1, 0.15) is 21.5 Å². The first kappa shape index (κ1) is 23.8. The summed E-state index contributed by atoms with van der Waals surface area (Å²) in [6.07, 6.45) is 1.00. The third-order valence-corrected chi connectivity index (χ3v) is 6.45. The van der Waals surface area contributed by atoms with Crippen LogP contribution in [0.25, 0.3) is 0 Å². The molecule has 32 heavy (non-hydrogen) atoms. The topological polar surface area (TPSA) is 83.6 Å². The molecule has 0 saturated carbocycles. The van der Waals surface area contributed by atoms with Gasteiger partial charge in [-0.25, -0.2) is 8.42 Å². The van der Waals surface area contributed by atoms with Crippen molar-refractivity contribution in [3.63, 3.8) is 0 Å². The smallest absolute Gasteiger partial charge is 0.245 e. The summed E-state index contributed by atoms with van der Waals surface area (Å²) in [6, 6.07) is 17.8. The van der Waals surface area contributed by atoms with Crippen molar-refractivity contribution >= 4 is 56.3 Å². The Kier molecular flexibility index (Phi) is 7.23. The number of benzene rings is 3. The highest BCUT2D eigenvalue weighted by Gasteiger charge is 2.23. The van der Waals surface area contributed by atoms with Gasteiger partial charge in [-0.2, -0.15) is 0 Å². The maximum Gasteiger partial charge on any atom is 0.245 e. The molecule has 0 aliphatic rings. The lowest BCUT2D eigenvalue weighted by atomic mass is 10.0. The predicted molar refractivity (Wildman–Crippen MR) is 128 cm³/mol. The predicted octanol–water partition coefficient (Wildman–Crippen LogP) is 4.94. The van der Waals surface area contributed by atoms with Crippen molar-refractivity contribution in [3.8, 4) is 0 Å². The molecule has 0 heterocycles. The van der Waals surface area contributed by atoms with Gasteiger partial charge in [-0.15, -0.1) is 0 Å². The van der Waals surface area contributed by atoms with E-state index in [9.17, 15) is 18.0 Å². The van der Waals surface area contributed by atoms with E-state index >= 15 is 0 Å². The molecule has 6 nitrogen and oxygen atoms in total. The van der Waals surface area contributed by atoms with Crippen molar-refractivity contribution in [2.75, 3.05) is 22.4 Å². The molecule has 0 atom stereocenters. The Morgan fingerprint density at radius 3 is 2.28 bits per heavy atom. The molecule has 3 rings (SSSR count). The largest absolute Gasteiger partial charge is 0.324 e. The highest BCUT2D eigenvalue weighted by atomic mass is 35.5. The van der Waals surface area contributed by atoms with E-state index in [2.05, 4.69) is 5.32 Å². The summed E-state index contributed by atoms with van der Waals surface area (Å²) < 4.78 is 25.7. The quantitative estimate of drug-likeness (QED) is 0.475. The standard InChI is InChI=1S/C23H20Cl2N2O4S/c1-15-8-10-18(13-20(15)25)27(32(2,30)31)14-22(28)26-21-11-9-17(24)12-19(21)23(29)16-6-4-3-5-7-16/h3-13H,14H2,1-2H3,(H,26,28). The molecular weight excluding hydrogens is 471 g/mol. The summed E-state index contributed by atoms with van der Waals surface area (Å²) in [7, 11) is -3.79. The highest BCUT2D eigenvalue weighted by Crippen LogP contribution is 2.26. The van der Waals surface area contributed by atoms with Gasteiger partial charge < -0.3 is 5.32 Å². The monoisotopic (exact) mass is 490 g/mol. The lowest BCUT2D eigenvalue weighted by Gasteiger charge is -2.22. The van der Waals surface area contributed by atoms with E-state index in [0.717, 1.165) is 16.1 Å². The van der Waals surface area contributed by atoms with Gasteiger partial charge in [-0.3, -0.25) is 13.9 Å². The Hall–Kier alpha value is -2.87. The minimum absolute atomic E-state index is 0.196. The van der Waals surface area contributed by atoms with Crippen LogP contribution in [0.4, 0.5) is 11.4 Å². The molecule has 3 aromatic carbocycles. The first-order valence-corrected chi connectivity index (χ1v) is 12.1. The Morgan fingerprint density at radius 1 is 0.969 bits per heavy atom. The van der Waals surface area contributed by atoms with Crippen molar-refractivity contribution in [2.45, 2.75) is 6.92 Å². The summed E-state index contributed by atoms with van der Waals surface area (Å²) in [5.41, 5.74) is 1.88. The zero-order chi connectivity index (χ0) is 23.5. The van der Waals surface area contributed by atoms with Crippen LogP contribution in [0, 0.1) is 6.92 Å². The summed E-state index contributed by atoms with van der Waals surface area (Å²) in [5, 5.41) is 3.34. The molecule has 0 fully saturated rings. The number of sulfonamides is 1. The van der Waals surface area contributed by atoms with E-state index in [4.69, 9.17) is 23.2 Å². The van der Waals surface area contributed by atoms with Gasteiger partial charge in [-0.05, 0) is 42.8 Å². The number of hydrogen-bond donors (Lipinski definition) is 1. The number of carbonyl (C=O) groups is 2. The Bertz CT molecular complexity index is 1280. The first-order chi connectivity index (χ1) is 15.1. The number of halogens is 2. The fourth-order valence-corrected chi connectivity index (χ4v) is 4.21. The number of nitrogens with one attached hydrogen (secondary N) is 1. The number of ketones is 1. The molecule has 0 aromatic heterocycles. The Labute approximate surface area is 196 Å². The summed E-state index contributed by atoms with van der Waals surface area (Å²) >= 11 is 12.2. The van der Waals surface area contributed by atoms with E-state index in [1.165, 1.54) is 24.3 Å². The average Bonchev–Trinajstić information content (AvgIpc) is 2.74. The number of aryl methyl sites for hydroxylation is 1. The molecule has 1 N–H and O–H groups in total. The van der Waals surface area contributed by atoms with Crippen LogP contribution in [-0.2, 0) is 14.8 Å². The van der Waals surface area contributed by atoms with Crippen molar-refractivity contribution in [3.05, 3.63) is 93.5 Å². The number of amides is 1. The maximum absolute atomic E-state index is 12.9. The molecule has 0 spiro atoms. The summed E-state index contributed by atoms with van der Waals surface area (Å²) in [6.45, 7) is 1.29. The normalized spacial score (nSPS) is 11.1. The van der Waals surface area contributed by atoms with Gasteiger partial charge in [0, 0.05) is 21.2 Å². The van der Waals surface area contributed by atoms with Crippen LogP contribution >= 0.6 is 23.2 Å². The van der Waals surface area contributed by atoms with Crippen LogP contribution in [0.2, 0.25) is 10.0 Å². The molecule has 9 heteroatoms. The molecule has 0 unspecified atom stereocenters. The van der Waals surface area contributed by atoms with Gasteiger partial charge >= 0.3 is 0 Å². The van der Waals surface area contributed by atoms with Gasteiger partial charge in [-0.1, -0.05) is 59.6 Å². The van der Waals surface area contributed by atoms with Gasteiger partial charge in [0.25, 0.3) is 0 Å². The average molecular weight is 491 g/mol. The molecule has 0 radical (unpaired) electrons. The third-order valence-electron chi connectivity index (χ3n) is 4.67. The number of carbonyl (C=O) groups excluding carboxylic acids is 2. The second kappa shape index (κ2) is 9.73. The minimum Gasteiger partial charge on any atom is -0.324 e. The molecular formula is C23H20Cl2N2O4S. The fourth-order valence-electron chi connectivity index (χ4n) is 3.02. The van der Waals surface area contributed by atoms with Crippen molar-refractivity contribution in [2.24, 2.45) is 0 Å². The van der Waals surface area contributed by atoms with Gasteiger partial charge in [0.15, 0.2) is 5.78 Å². The minimum atomic E-state index is -3.79. The second-order valence-electron chi connectivity index (χ2n) is 7.14. The Balaban J connectivity index is 1.89. The molecule has 1 amide bonds.